The van der Waals surface area contributed by atoms with E-state index < -0.39 is 11.4 Å². The van der Waals surface area contributed by atoms with Gasteiger partial charge in [-0.25, -0.2) is 4.39 Å². The molecular weight excluding hydrogens is 534 g/mol. The molecule has 0 atom stereocenters. The lowest BCUT2D eigenvalue weighted by molar-refractivity contribution is -0.0734. The van der Waals surface area contributed by atoms with E-state index in [0.717, 1.165) is 14.9 Å². The van der Waals surface area contributed by atoms with Crippen molar-refractivity contribution < 1.29 is 19.1 Å². The average Bonchev–Trinajstić information content (AvgIpc) is 2.97. The van der Waals surface area contributed by atoms with Gasteiger partial charge in [-0.05, 0) is 58.2 Å². The second-order valence-electron chi connectivity index (χ2n) is 8.98. The lowest BCUT2D eigenvalue weighted by Crippen LogP contribution is -2.66. The second kappa shape index (κ2) is 7.98. The molecule has 3 heterocycles. The summed E-state index contributed by atoms with van der Waals surface area (Å²) in [4.78, 5) is 28.2. The molecule has 166 valence electrons. The van der Waals surface area contributed by atoms with Crippen LogP contribution in [0.3, 0.4) is 0 Å². The van der Waals surface area contributed by atoms with Crippen LogP contribution < -0.4 is 16.4 Å². The van der Waals surface area contributed by atoms with E-state index in [1.54, 1.807) is 12.1 Å². The first-order valence-corrected chi connectivity index (χ1v) is 11.8. The van der Waals surface area contributed by atoms with E-state index in [9.17, 15) is 19.1 Å². The number of amides is 2. The Morgan fingerprint density at radius 3 is 2.77 bits per heavy atom. The standard InChI is InChI=1S/C21H24FIN4O3S/c1-20(2)6-12-15(19(29)27-9-21(30,7-24)10-27)18(31-16(12)17(28)25-8-20)26-14-4-3-11(23)5-13(14)22/h3-5,26,30H,6-10,24H2,1-2H3,(H,25,28). The van der Waals surface area contributed by atoms with E-state index in [1.165, 1.54) is 11.0 Å². The van der Waals surface area contributed by atoms with Crippen LogP contribution >= 0.6 is 33.9 Å². The van der Waals surface area contributed by atoms with E-state index in [2.05, 4.69) is 10.6 Å². The van der Waals surface area contributed by atoms with Gasteiger partial charge in [0.05, 0.1) is 29.2 Å². The van der Waals surface area contributed by atoms with Gasteiger partial charge in [-0.3, -0.25) is 9.59 Å². The molecule has 0 radical (unpaired) electrons. The van der Waals surface area contributed by atoms with E-state index >= 15 is 0 Å². The summed E-state index contributed by atoms with van der Waals surface area (Å²) in [5.74, 6) is -0.979. The fourth-order valence-electron chi connectivity index (χ4n) is 3.88. The van der Waals surface area contributed by atoms with Crippen molar-refractivity contribution in [1.29, 1.82) is 0 Å². The van der Waals surface area contributed by atoms with Crippen molar-refractivity contribution in [3.8, 4) is 0 Å². The Labute approximate surface area is 197 Å². The van der Waals surface area contributed by atoms with Gasteiger partial charge in [0.1, 0.15) is 16.4 Å². The molecular formula is C21H24FIN4O3S. The molecule has 2 amide bonds. The zero-order valence-electron chi connectivity index (χ0n) is 17.2. The quantitative estimate of drug-likeness (QED) is 0.432. The number of aliphatic hydroxyl groups is 1. The minimum absolute atomic E-state index is 0.0624. The molecule has 0 saturated carbocycles. The maximum Gasteiger partial charge on any atom is 0.261 e. The Morgan fingerprint density at radius 1 is 1.42 bits per heavy atom. The molecule has 2 aliphatic rings. The average molecular weight is 558 g/mol. The molecule has 5 N–H and O–H groups in total. The number of hydrogen-bond donors (Lipinski definition) is 4. The van der Waals surface area contributed by atoms with Crippen LogP contribution in [-0.4, -0.2) is 53.6 Å². The Morgan fingerprint density at radius 2 is 2.13 bits per heavy atom. The highest BCUT2D eigenvalue weighted by molar-refractivity contribution is 14.1. The van der Waals surface area contributed by atoms with Crippen molar-refractivity contribution in [2.45, 2.75) is 25.9 Å². The third kappa shape index (κ3) is 4.30. The lowest BCUT2D eigenvalue weighted by atomic mass is 9.84. The molecule has 7 nitrogen and oxygen atoms in total. The van der Waals surface area contributed by atoms with Crippen molar-refractivity contribution >= 4 is 56.4 Å². The summed E-state index contributed by atoms with van der Waals surface area (Å²) < 4.78 is 15.3. The van der Waals surface area contributed by atoms with Crippen LogP contribution in [0.25, 0.3) is 0 Å². The summed E-state index contributed by atoms with van der Waals surface area (Å²) in [5, 5.41) is 16.6. The van der Waals surface area contributed by atoms with Gasteiger partial charge in [0.25, 0.3) is 11.8 Å². The normalized spacial score (nSPS) is 19.2. The molecule has 1 saturated heterocycles. The van der Waals surface area contributed by atoms with Gasteiger partial charge in [0.15, 0.2) is 0 Å². The van der Waals surface area contributed by atoms with Crippen LogP contribution in [0.4, 0.5) is 15.1 Å². The van der Waals surface area contributed by atoms with Crippen LogP contribution in [0.1, 0.15) is 39.4 Å². The summed E-state index contributed by atoms with van der Waals surface area (Å²) in [6.45, 7) is 4.85. The summed E-state index contributed by atoms with van der Waals surface area (Å²) in [6.07, 6.45) is 0.518. The predicted octanol–water partition coefficient (Wildman–Crippen LogP) is 2.69. The van der Waals surface area contributed by atoms with E-state index in [1.807, 2.05) is 36.4 Å². The van der Waals surface area contributed by atoms with E-state index in [4.69, 9.17) is 5.73 Å². The highest BCUT2D eigenvalue weighted by Crippen LogP contribution is 2.42. The zero-order chi connectivity index (χ0) is 22.6. The molecule has 0 unspecified atom stereocenters. The number of fused-ring (bicyclic) bond motifs is 1. The van der Waals surface area contributed by atoms with Crippen LogP contribution in [0.2, 0.25) is 0 Å². The maximum atomic E-state index is 14.5. The van der Waals surface area contributed by atoms with Crippen LogP contribution in [0, 0.1) is 14.8 Å². The zero-order valence-corrected chi connectivity index (χ0v) is 20.2. The van der Waals surface area contributed by atoms with Crippen LogP contribution in [0.5, 0.6) is 0 Å². The lowest BCUT2D eigenvalue weighted by Gasteiger charge is -2.46. The Bertz CT molecular complexity index is 1070. The third-order valence-electron chi connectivity index (χ3n) is 5.63. The second-order valence-corrected chi connectivity index (χ2v) is 11.2. The topological polar surface area (TPSA) is 108 Å². The number of thiophene rings is 1. The highest BCUT2D eigenvalue weighted by atomic mass is 127. The summed E-state index contributed by atoms with van der Waals surface area (Å²) >= 11 is 3.18. The summed E-state index contributed by atoms with van der Waals surface area (Å²) in [5.41, 5.74) is 5.51. The largest absolute Gasteiger partial charge is 0.385 e. The van der Waals surface area contributed by atoms with Gasteiger partial charge in [-0.15, -0.1) is 11.3 Å². The molecule has 0 bridgehead atoms. The number of anilines is 2. The number of rotatable bonds is 4. The predicted molar refractivity (Wildman–Crippen MR) is 126 cm³/mol. The minimum Gasteiger partial charge on any atom is -0.385 e. The smallest absolute Gasteiger partial charge is 0.261 e. The number of likely N-dealkylation sites (tertiary alicyclic amines) is 1. The number of hydrogen-bond acceptors (Lipinski definition) is 6. The monoisotopic (exact) mass is 558 g/mol. The number of benzene rings is 1. The third-order valence-corrected chi connectivity index (χ3v) is 7.44. The number of halogens is 2. The SMILES string of the molecule is CC1(C)CNC(=O)c2sc(Nc3ccc(I)cc3F)c(C(=O)N3CC(O)(CN)C3)c2C1. The molecule has 31 heavy (non-hydrogen) atoms. The molecule has 1 aromatic heterocycles. The molecule has 0 spiro atoms. The van der Waals surface area contributed by atoms with Gasteiger partial charge in [-0.1, -0.05) is 13.8 Å². The summed E-state index contributed by atoms with van der Waals surface area (Å²) in [7, 11) is 0. The van der Waals surface area contributed by atoms with Crippen molar-refractivity contribution in [3.63, 3.8) is 0 Å². The van der Waals surface area contributed by atoms with Crippen LogP contribution in [-0.2, 0) is 6.42 Å². The van der Waals surface area contributed by atoms with Crippen molar-refractivity contribution in [2.24, 2.45) is 11.1 Å². The molecule has 10 heteroatoms. The fraction of sp³-hybridized carbons (Fsp3) is 0.429. The first kappa shape index (κ1) is 22.4. The van der Waals surface area contributed by atoms with Gasteiger partial charge >= 0.3 is 0 Å². The number of nitrogens with zero attached hydrogens (tertiary/aromatic N) is 1. The van der Waals surface area contributed by atoms with Crippen LogP contribution in [0.15, 0.2) is 18.2 Å². The Kier molecular flexibility index (Phi) is 5.78. The van der Waals surface area contributed by atoms with Gasteiger partial charge in [0, 0.05) is 16.7 Å². The Balaban J connectivity index is 1.78. The number of nitrogens with two attached hydrogens (primary N) is 1. The fourth-order valence-corrected chi connectivity index (χ4v) is 5.47. The number of carbonyl (C=O) groups is 2. The minimum atomic E-state index is -1.09. The maximum absolute atomic E-state index is 14.5. The molecule has 2 aliphatic heterocycles. The first-order valence-electron chi connectivity index (χ1n) is 9.90. The van der Waals surface area contributed by atoms with Crippen molar-refractivity contribution in [3.05, 3.63) is 43.6 Å². The molecule has 0 aliphatic carbocycles. The van der Waals surface area contributed by atoms with Gasteiger partial charge < -0.3 is 26.4 Å². The molecule has 2 aromatic rings. The van der Waals surface area contributed by atoms with E-state index in [0.29, 0.717) is 34.0 Å². The first-order chi connectivity index (χ1) is 14.5. The number of nitrogens with one attached hydrogen (secondary N) is 2. The molecule has 4 rings (SSSR count). The number of β-amino-alcohol motifs (C(OH)–C–C–N with tert-alkyl or cyclic N) is 1. The van der Waals surface area contributed by atoms with E-state index in [-0.39, 0.29) is 42.6 Å². The number of carbonyl (C=O) groups excluding carboxylic acids is 2. The van der Waals surface area contributed by atoms with Crippen molar-refractivity contribution in [2.75, 3.05) is 31.5 Å². The highest BCUT2D eigenvalue weighted by Gasteiger charge is 2.45. The van der Waals surface area contributed by atoms with Crippen molar-refractivity contribution in [1.82, 2.24) is 10.2 Å². The van der Waals surface area contributed by atoms with Gasteiger partial charge in [0.2, 0.25) is 0 Å². The molecule has 1 aromatic carbocycles. The molecule has 1 fully saturated rings. The van der Waals surface area contributed by atoms with Gasteiger partial charge in [-0.2, -0.15) is 0 Å². The Hall–Kier alpha value is -1.76. The summed E-state index contributed by atoms with van der Waals surface area (Å²) in [6, 6.07) is 4.77.